The zero-order chi connectivity index (χ0) is 15.2. The second-order valence-corrected chi connectivity index (χ2v) is 5.15. The Labute approximate surface area is 124 Å². The van der Waals surface area contributed by atoms with Gasteiger partial charge in [0.25, 0.3) is 0 Å². The van der Waals surface area contributed by atoms with Gasteiger partial charge < -0.3 is 15.6 Å². The number of nitrogens with two attached hydrogens (primary N) is 1. The molecule has 0 bridgehead atoms. The molecule has 0 amide bonds. The van der Waals surface area contributed by atoms with Gasteiger partial charge in [-0.3, -0.25) is 4.79 Å². The molecule has 0 aliphatic carbocycles. The number of methoxy groups -OCH3 is 1. The lowest BCUT2D eigenvalue weighted by atomic mass is 9.95. The van der Waals surface area contributed by atoms with Gasteiger partial charge in [0, 0.05) is 17.8 Å². The van der Waals surface area contributed by atoms with Crippen molar-refractivity contribution in [3.63, 3.8) is 0 Å². The predicted octanol–water partition coefficient (Wildman–Crippen LogP) is 3.49. The Kier molecular flexibility index (Phi) is 5.17. The van der Waals surface area contributed by atoms with Crippen molar-refractivity contribution < 1.29 is 14.6 Å². The predicted molar refractivity (Wildman–Crippen MR) is 83.5 cm³/mol. The molecule has 4 heteroatoms. The highest BCUT2D eigenvalue weighted by molar-refractivity contribution is 5.91. The molecule has 2 aromatic carbocycles. The SMILES string of the molecule is COc1ccc(C(N)CCCCC(=O)O)c2ccccc12. The molecule has 1 atom stereocenters. The summed E-state index contributed by atoms with van der Waals surface area (Å²) < 4.78 is 5.38. The molecule has 2 aromatic rings. The van der Waals surface area contributed by atoms with E-state index in [0.717, 1.165) is 34.9 Å². The van der Waals surface area contributed by atoms with E-state index in [2.05, 4.69) is 0 Å². The summed E-state index contributed by atoms with van der Waals surface area (Å²) in [5.74, 6) is 0.0888. The summed E-state index contributed by atoms with van der Waals surface area (Å²) in [7, 11) is 1.66. The monoisotopic (exact) mass is 287 g/mol. The van der Waals surface area contributed by atoms with Gasteiger partial charge in [-0.15, -0.1) is 0 Å². The number of benzene rings is 2. The molecule has 112 valence electrons. The summed E-state index contributed by atoms with van der Waals surface area (Å²) in [6, 6.07) is 11.9. The lowest BCUT2D eigenvalue weighted by Crippen LogP contribution is -2.11. The maximum absolute atomic E-state index is 10.5. The van der Waals surface area contributed by atoms with Gasteiger partial charge in [0.05, 0.1) is 7.11 Å². The molecular weight excluding hydrogens is 266 g/mol. The molecule has 0 fully saturated rings. The largest absolute Gasteiger partial charge is 0.496 e. The van der Waals surface area contributed by atoms with Gasteiger partial charge in [-0.05, 0) is 29.9 Å². The summed E-state index contributed by atoms with van der Waals surface area (Å²) in [6.07, 6.45) is 2.46. The molecule has 0 aromatic heterocycles. The lowest BCUT2D eigenvalue weighted by Gasteiger charge is -2.16. The molecule has 0 aliphatic rings. The summed E-state index contributed by atoms with van der Waals surface area (Å²) >= 11 is 0. The molecule has 3 N–H and O–H groups in total. The van der Waals surface area contributed by atoms with Crippen molar-refractivity contribution in [2.24, 2.45) is 5.73 Å². The zero-order valence-corrected chi connectivity index (χ0v) is 12.2. The van der Waals surface area contributed by atoms with Crippen LogP contribution >= 0.6 is 0 Å². The molecule has 0 radical (unpaired) electrons. The van der Waals surface area contributed by atoms with E-state index in [0.29, 0.717) is 6.42 Å². The van der Waals surface area contributed by atoms with Crippen LogP contribution in [0.5, 0.6) is 5.75 Å². The van der Waals surface area contributed by atoms with Crippen molar-refractivity contribution in [3.05, 3.63) is 42.0 Å². The summed E-state index contributed by atoms with van der Waals surface area (Å²) in [5, 5.41) is 10.8. The number of hydrogen-bond donors (Lipinski definition) is 2. The minimum absolute atomic E-state index is 0.0883. The number of ether oxygens (including phenoxy) is 1. The maximum atomic E-state index is 10.5. The van der Waals surface area contributed by atoms with E-state index < -0.39 is 5.97 Å². The van der Waals surface area contributed by atoms with Crippen LogP contribution in [0.3, 0.4) is 0 Å². The van der Waals surface area contributed by atoms with Crippen LogP contribution in [0.4, 0.5) is 0 Å². The van der Waals surface area contributed by atoms with E-state index in [4.69, 9.17) is 15.6 Å². The number of carboxylic acids is 1. The Morgan fingerprint density at radius 2 is 1.90 bits per heavy atom. The molecule has 0 saturated heterocycles. The smallest absolute Gasteiger partial charge is 0.303 e. The quantitative estimate of drug-likeness (QED) is 0.764. The molecule has 0 aliphatic heterocycles. The number of aliphatic carboxylic acids is 1. The fraction of sp³-hybridized carbons (Fsp3) is 0.353. The van der Waals surface area contributed by atoms with Crippen LogP contribution in [0, 0.1) is 0 Å². The van der Waals surface area contributed by atoms with Crippen LogP contribution < -0.4 is 10.5 Å². The van der Waals surface area contributed by atoms with Crippen molar-refractivity contribution in [1.82, 2.24) is 0 Å². The van der Waals surface area contributed by atoms with Crippen molar-refractivity contribution in [2.75, 3.05) is 7.11 Å². The molecular formula is C17H21NO3. The molecule has 0 spiro atoms. The Hall–Kier alpha value is -2.07. The third-order valence-electron chi connectivity index (χ3n) is 3.69. The number of unbranched alkanes of at least 4 members (excludes halogenated alkanes) is 1. The minimum Gasteiger partial charge on any atom is -0.496 e. The van der Waals surface area contributed by atoms with E-state index in [1.165, 1.54) is 0 Å². The van der Waals surface area contributed by atoms with Gasteiger partial charge in [-0.1, -0.05) is 36.8 Å². The maximum Gasteiger partial charge on any atom is 0.303 e. The Morgan fingerprint density at radius 1 is 1.19 bits per heavy atom. The van der Waals surface area contributed by atoms with Gasteiger partial charge in [-0.25, -0.2) is 0 Å². The Morgan fingerprint density at radius 3 is 2.57 bits per heavy atom. The van der Waals surface area contributed by atoms with Crippen LogP contribution in [0.1, 0.15) is 37.3 Å². The van der Waals surface area contributed by atoms with E-state index in [1.54, 1.807) is 7.11 Å². The van der Waals surface area contributed by atoms with Crippen LogP contribution in [-0.4, -0.2) is 18.2 Å². The van der Waals surface area contributed by atoms with Crippen LogP contribution in [0.25, 0.3) is 10.8 Å². The average molecular weight is 287 g/mol. The first-order valence-corrected chi connectivity index (χ1v) is 7.16. The molecule has 0 heterocycles. The number of rotatable bonds is 7. The first kappa shape index (κ1) is 15.3. The Balaban J connectivity index is 2.16. The number of carboxylic acid groups (broad SMARTS) is 1. The lowest BCUT2D eigenvalue weighted by molar-refractivity contribution is -0.137. The van der Waals surface area contributed by atoms with E-state index in [1.807, 2.05) is 36.4 Å². The highest BCUT2D eigenvalue weighted by Crippen LogP contribution is 2.32. The summed E-state index contributed by atoms with van der Waals surface area (Å²) in [5.41, 5.74) is 7.37. The second kappa shape index (κ2) is 7.09. The zero-order valence-electron chi connectivity index (χ0n) is 12.2. The van der Waals surface area contributed by atoms with Gasteiger partial charge in [0.2, 0.25) is 0 Å². The van der Waals surface area contributed by atoms with Crippen molar-refractivity contribution in [3.8, 4) is 5.75 Å². The minimum atomic E-state index is -0.751. The summed E-state index contributed by atoms with van der Waals surface area (Å²) in [4.78, 5) is 10.5. The molecule has 2 rings (SSSR count). The molecule has 1 unspecified atom stereocenters. The van der Waals surface area contributed by atoms with Gasteiger partial charge >= 0.3 is 5.97 Å². The van der Waals surface area contributed by atoms with Crippen molar-refractivity contribution >= 4 is 16.7 Å². The van der Waals surface area contributed by atoms with E-state index in [-0.39, 0.29) is 12.5 Å². The number of hydrogen-bond acceptors (Lipinski definition) is 3. The van der Waals surface area contributed by atoms with Crippen LogP contribution in [-0.2, 0) is 4.79 Å². The molecule has 4 nitrogen and oxygen atoms in total. The Bertz CT molecular complexity index is 624. The van der Waals surface area contributed by atoms with Gasteiger partial charge in [0.15, 0.2) is 0 Å². The number of carbonyl (C=O) groups is 1. The fourth-order valence-corrected chi connectivity index (χ4v) is 2.59. The normalized spacial score (nSPS) is 12.3. The first-order valence-electron chi connectivity index (χ1n) is 7.16. The summed E-state index contributed by atoms with van der Waals surface area (Å²) in [6.45, 7) is 0. The van der Waals surface area contributed by atoms with Crippen LogP contribution in [0.15, 0.2) is 36.4 Å². The second-order valence-electron chi connectivity index (χ2n) is 5.15. The first-order chi connectivity index (χ1) is 10.1. The van der Waals surface area contributed by atoms with Crippen LogP contribution in [0.2, 0.25) is 0 Å². The third kappa shape index (κ3) is 3.73. The fourth-order valence-electron chi connectivity index (χ4n) is 2.59. The third-order valence-corrected chi connectivity index (χ3v) is 3.69. The molecule has 21 heavy (non-hydrogen) atoms. The van der Waals surface area contributed by atoms with Gasteiger partial charge in [0.1, 0.15) is 5.75 Å². The van der Waals surface area contributed by atoms with Gasteiger partial charge in [-0.2, -0.15) is 0 Å². The van der Waals surface area contributed by atoms with E-state index >= 15 is 0 Å². The van der Waals surface area contributed by atoms with Crippen molar-refractivity contribution in [2.45, 2.75) is 31.7 Å². The highest BCUT2D eigenvalue weighted by atomic mass is 16.5. The number of fused-ring (bicyclic) bond motifs is 1. The molecule has 0 saturated carbocycles. The highest BCUT2D eigenvalue weighted by Gasteiger charge is 2.12. The average Bonchev–Trinajstić information content (AvgIpc) is 2.50. The standard InChI is InChI=1S/C17H21NO3/c1-21-16-11-10-13(12-6-2-3-7-14(12)16)15(18)8-4-5-9-17(19)20/h2-3,6-7,10-11,15H,4-5,8-9,18H2,1H3,(H,19,20). The van der Waals surface area contributed by atoms with E-state index in [9.17, 15) is 4.79 Å². The van der Waals surface area contributed by atoms with Crippen molar-refractivity contribution in [1.29, 1.82) is 0 Å². The topological polar surface area (TPSA) is 72.5 Å².